The van der Waals surface area contributed by atoms with Crippen molar-refractivity contribution in [1.29, 1.82) is 0 Å². The molecule has 1 fully saturated rings. The van der Waals surface area contributed by atoms with Crippen molar-refractivity contribution in [3.05, 3.63) is 11.4 Å². The Morgan fingerprint density at radius 3 is 2.80 bits per heavy atom. The molecule has 0 aliphatic heterocycles. The van der Waals surface area contributed by atoms with E-state index >= 15 is 0 Å². The van der Waals surface area contributed by atoms with Crippen LogP contribution in [0.25, 0.3) is 0 Å². The van der Waals surface area contributed by atoms with Crippen molar-refractivity contribution in [3.63, 3.8) is 0 Å². The maximum absolute atomic E-state index is 12.1. The first kappa shape index (κ1) is 14.8. The number of rotatable bonds is 5. The van der Waals surface area contributed by atoms with Crippen LogP contribution in [0.1, 0.15) is 61.6 Å². The van der Waals surface area contributed by atoms with Gasteiger partial charge in [-0.15, -0.1) is 0 Å². The number of hydrogen-bond donors (Lipinski definition) is 4. The second kappa shape index (κ2) is 6.26. The summed E-state index contributed by atoms with van der Waals surface area (Å²) in [7, 11) is 0. The van der Waals surface area contributed by atoms with Crippen molar-refractivity contribution in [2.24, 2.45) is 0 Å². The molecule has 5 N–H and O–H groups in total. The lowest BCUT2D eigenvalue weighted by atomic mass is 9.85. The Balaban J connectivity index is 1.94. The van der Waals surface area contributed by atoms with Crippen molar-refractivity contribution in [2.75, 3.05) is 12.3 Å². The zero-order valence-corrected chi connectivity index (χ0v) is 12.0. The third-order valence-electron chi connectivity index (χ3n) is 3.96. The van der Waals surface area contributed by atoms with E-state index in [2.05, 4.69) is 15.5 Å². The van der Waals surface area contributed by atoms with E-state index in [1.807, 2.05) is 6.92 Å². The number of nitrogen functional groups attached to an aromatic ring is 1. The summed E-state index contributed by atoms with van der Waals surface area (Å²) in [6, 6.07) is 0. The van der Waals surface area contributed by atoms with E-state index in [0.717, 1.165) is 50.6 Å². The molecule has 0 spiro atoms. The molecular formula is C14H24N4O2. The van der Waals surface area contributed by atoms with E-state index < -0.39 is 5.60 Å². The second-order valence-corrected chi connectivity index (χ2v) is 5.68. The van der Waals surface area contributed by atoms with Gasteiger partial charge < -0.3 is 16.2 Å². The van der Waals surface area contributed by atoms with Crippen LogP contribution in [0.15, 0.2) is 0 Å². The van der Waals surface area contributed by atoms with Gasteiger partial charge in [0, 0.05) is 6.54 Å². The number of nitrogens with two attached hydrogens (primary N) is 1. The Hall–Kier alpha value is -1.56. The summed E-state index contributed by atoms with van der Waals surface area (Å²) in [5.74, 6) is -0.319. The molecule has 1 aliphatic carbocycles. The van der Waals surface area contributed by atoms with Gasteiger partial charge in [-0.1, -0.05) is 32.6 Å². The third kappa shape index (κ3) is 3.30. The molecular weight excluding hydrogens is 256 g/mol. The Morgan fingerprint density at radius 2 is 2.15 bits per heavy atom. The van der Waals surface area contributed by atoms with E-state index in [4.69, 9.17) is 5.73 Å². The molecule has 1 heterocycles. The highest BCUT2D eigenvalue weighted by Crippen LogP contribution is 2.27. The number of H-pyrrole nitrogens is 1. The lowest BCUT2D eigenvalue weighted by Crippen LogP contribution is -2.44. The molecule has 112 valence electrons. The van der Waals surface area contributed by atoms with E-state index in [1.54, 1.807) is 0 Å². The van der Waals surface area contributed by atoms with Crippen LogP contribution in [0, 0.1) is 0 Å². The molecule has 0 unspecified atom stereocenters. The van der Waals surface area contributed by atoms with Gasteiger partial charge in [-0.05, 0) is 19.3 Å². The lowest BCUT2D eigenvalue weighted by Gasteiger charge is -2.31. The number of nitrogens with one attached hydrogen (secondary N) is 2. The fraction of sp³-hybridized carbons (Fsp3) is 0.714. The van der Waals surface area contributed by atoms with Gasteiger partial charge in [-0.2, -0.15) is 5.10 Å². The zero-order valence-electron chi connectivity index (χ0n) is 12.0. The quantitative estimate of drug-likeness (QED) is 0.654. The number of carbonyl (C=O) groups is 1. The van der Waals surface area contributed by atoms with E-state index in [9.17, 15) is 9.90 Å². The topological polar surface area (TPSA) is 104 Å². The molecule has 6 nitrogen and oxygen atoms in total. The average Bonchev–Trinajstić information content (AvgIpc) is 2.79. The second-order valence-electron chi connectivity index (χ2n) is 5.68. The fourth-order valence-corrected chi connectivity index (χ4v) is 2.72. The molecule has 6 heteroatoms. The first-order chi connectivity index (χ1) is 9.56. The maximum atomic E-state index is 12.1. The summed E-state index contributed by atoms with van der Waals surface area (Å²) >= 11 is 0. The van der Waals surface area contributed by atoms with Crippen LogP contribution in [-0.4, -0.2) is 33.4 Å². The molecule has 0 aromatic carbocycles. The van der Waals surface area contributed by atoms with E-state index in [1.165, 1.54) is 0 Å². The normalized spacial score (nSPS) is 17.9. The average molecular weight is 280 g/mol. The van der Waals surface area contributed by atoms with Crippen LogP contribution in [-0.2, 0) is 6.42 Å². The van der Waals surface area contributed by atoms with Crippen LogP contribution < -0.4 is 11.1 Å². The van der Waals surface area contributed by atoms with Gasteiger partial charge in [-0.3, -0.25) is 9.89 Å². The minimum absolute atomic E-state index is 0.229. The highest BCUT2D eigenvalue weighted by atomic mass is 16.3. The molecule has 1 amide bonds. The monoisotopic (exact) mass is 280 g/mol. The standard InChI is InChI=1S/C14H24N4O2/c1-2-6-10-11(15)12(18-17-10)13(19)16-9-14(20)7-4-3-5-8-14/h20H,2-9,15H2,1H3,(H,16,19)(H,17,18). The van der Waals surface area contributed by atoms with Gasteiger partial charge in [0.15, 0.2) is 5.69 Å². The summed E-state index contributed by atoms with van der Waals surface area (Å²) in [4.78, 5) is 12.1. The summed E-state index contributed by atoms with van der Waals surface area (Å²) in [6.45, 7) is 2.31. The molecule has 1 saturated carbocycles. The Bertz CT molecular complexity index is 464. The first-order valence-electron chi connectivity index (χ1n) is 7.39. The number of anilines is 1. The van der Waals surface area contributed by atoms with Crippen LogP contribution in [0.4, 0.5) is 5.69 Å². The maximum Gasteiger partial charge on any atom is 0.274 e. The molecule has 1 aliphatic rings. The number of aryl methyl sites for hydroxylation is 1. The number of nitrogens with zero attached hydrogens (tertiary/aromatic N) is 1. The number of aromatic nitrogens is 2. The summed E-state index contributed by atoms with van der Waals surface area (Å²) in [6.07, 6.45) is 6.37. The number of carbonyl (C=O) groups excluding carboxylic acids is 1. The van der Waals surface area contributed by atoms with Crippen LogP contribution in [0.3, 0.4) is 0 Å². The van der Waals surface area contributed by atoms with E-state index in [0.29, 0.717) is 5.69 Å². The smallest absolute Gasteiger partial charge is 0.274 e. The predicted octanol–water partition coefficient (Wildman–Crippen LogP) is 1.37. The summed E-state index contributed by atoms with van der Waals surface area (Å²) < 4.78 is 0. The van der Waals surface area contributed by atoms with Gasteiger partial charge in [0.2, 0.25) is 0 Å². The first-order valence-corrected chi connectivity index (χ1v) is 7.39. The molecule has 2 rings (SSSR count). The number of aliphatic hydroxyl groups is 1. The molecule has 1 aromatic rings. The Kier molecular flexibility index (Phi) is 4.65. The SMILES string of the molecule is CCCc1[nH]nc(C(=O)NCC2(O)CCCCC2)c1N. The van der Waals surface area contributed by atoms with Gasteiger partial charge in [-0.25, -0.2) is 0 Å². The van der Waals surface area contributed by atoms with Crippen LogP contribution in [0.2, 0.25) is 0 Å². The van der Waals surface area contributed by atoms with Gasteiger partial charge in [0.1, 0.15) is 0 Å². The predicted molar refractivity (Wildman–Crippen MR) is 77.4 cm³/mol. The highest BCUT2D eigenvalue weighted by molar-refractivity contribution is 5.97. The number of hydrogen-bond acceptors (Lipinski definition) is 4. The highest BCUT2D eigenvalue weighted by Gasteiger charge is 2.30. The molecule has 0 saturated heterocycles. The van der Waals surface area contributed by atoms with Gasteiger partial charge >= 0.3 is 0 Å². The third-order valence-corrected chi connectivity index (χ3v) is 3.96. The molecule has 0 bridgehead atoms. The number of amides is 1. The van der Waals surface area contributed by atoms with Crippen molar-refractivity contribution >= 4 is 11.6 Å². The van der Waals surface area contributed by atoms with Crippen molar-refractivity contribution in [2.45, 2.75) is 57.5 Å². The van der Waals surface area contributed by atoms with Crippen molar-refractivity contribution < 1.29 is 9.90 Å². The fourth-order valence-electron chi connectivity index (χ4n) is 2.72. The molecule has 0 radical (unpaired) electrons. The Labute approximate surface area is 119 Å². The zero-order chi connectivity index (χ0) is 14.6. The molecule has 0 atom stereocenters. The Morgan fingerprint density at radius 1 is 1.45 bits per heavy atom. The van der Waals surface area contributed by atoms with Crippen LogP contribution >= 0.6 is 0 Å². The molecule has 20 heavy (non-hydrogen) atoms. The van der Waals surface area contributed by atoms with Crippen molar-refractivity contribution in [1.82, 2.24) is 15.5 Å². The largest absolute Gasteiger partial charge is 0.395 e. The van der Waals surface area contributed by atoms with Crippen LogP contribution in [0.5, 0.6) is 0 Å². The van der Waals surface area contributed by atoms with Gasteiger partial charge in [0.05, 0.1) is 17.0 Å². The van der Waals surface area contributed by atoms with Crippen molar-refractivity contribution in [3.8, 4) is 0 Å². The molecule has 1 aromatic heterocycles. The summed E-state index contributed by atoms with van der Waals surface area (Å²) in [5.41, 5.74) is 6.59. The minimum atomic E-state index is -0.773. The van der Waals surface area contributed by atoms with E-state index in [-0.39, 0.29) is 18.1 Å². The lowest BCUT2D eigenvalue weighted by molar-refractivity contribution is 0.00522. The summed E-state index contributed by atoms with van der Waals surface area (Å²) in [5, 5.41) is 19.9. The minimum Gasteiger partial charge on any atom is -0.395 e. The van der Waals surface area contributed by atoms with Gasteiger partial charge in [0.25, 0.3) is 5.91 Å². The number of aromatic amines is 1.